The lowest BCUT2D eigenvalue weighted by molar-refractivity contribution is 0.452. The van der Waals surface area contributed by atoms with Crippen molar-refractivity contribution in [3.05, 3.63) is 34.5 Å². The Labute approximate surface area is 122 Å². The Balaban J connectivity index is 2.60. The van der Waals surface area contributed by atoms with Crippen LogP contribution in [-0.4, -0.2) is 23.7 Å². The van der Waals surface area contributed by atoms with Crippen molar-refractivity contribution in [3.8, 4) is 17.2 Å². The number of phenols is 3. The molecule has 0 unspecified atom stereocenters. The van der Waals surface area contributed by atoms with Crippen LogP contribution in [-0.2, 0) is 10.0 Å². The van der Waals surface area contributed by atoms with Gasteiger partial charge in [-0.1, -0.05) is 0 Å². The molecular weight excluding hydrogens is 314 g/mol. The van der Waals surface area contributed by atoms with Gasteiger partial charge in [0, 0.05) is 12.1 Å². The Morgan fingerprint density at radius 2 is 1.68 bits per heavy atom. The van der Waals surface area contributed by atoms with Crippen LogP contribution < -0.4 is 10.6 Å². The molecule has 0 aliphatic heterocycles. The molecule has 0 saturated heterocycles. The maximum Gasteiger partial charge on any atom is 0.241 e. The second kappa shape index (κ2) is 4.36. The van der Waals surface area contributed by atoms with E-state index in [2.05, 4.69) is 0 Å². The lowest BCUT2D eigenvalue weighted by Crippen LogP contribution is -2.13. The molecule has 0 bridgehead atoms. The third-order valence-corrected chi connectivity index (χ3v) is 4.09. The topological polar surface area (TPSA) is 151 Å². The molecule has 114 valence electrons. The van der Waals surface area contributed by atoms with Crippen LogP contribution in [0.1, 0.15) is 0 Å². The molecule has 3 aromatic rings. The van der Waals surface area contributed by atoms with Gasteiger partial charge in [0.2, 0.25) is 15.5 Å². The van der Waals surface area contributed by atoms with Gasteiger partial charge >= 0.3 is 0 Å². The number of hydrogen-bond acceptors (Lipinski definition) is 7. The van der Waals surface area contributed by atoms with Crippen molar-refractivity contribution in [1.82, 2.24) is 0 Å². The summed E-state index contributed by atoms with van der Waals surface area (Å²) < 4.78 is 28.1. The number of hydrogen-bond donors (Lipinski definition) is 4. The SMILES string of the molecule is NS(=O)(=O)c1ccc2oc3cc(O)cc(O)c3c(=O)c2c1O. The molecule has 1 aromatic heterocycles. The molecule has 3 rings (SSSR count). The second-order valence-corrected chi connectivity index (χ2v) is 6.13. The van der Waals surface area contributed by atoms with Gasteiger partial charge in [-0.3, -0.25) is 4.79 Å². The maximum atomic E-state index is 12.4. The average Bonchev–Trinajstić information content (AvgIpc) is 2.35. The quantitative estimate of drug-likeness (QED) is 0.481. The van der Waals surface area contributed by atoms with E-state index in [0.717, 1.165) is 24.3 Å². The first-order valence-electron chi connectivity index (χ1n) is 5.87. The van der Waals surface area contributed by atoms with E-state index < -0.39 is 37.2 Å². The zero-order chi connectivity index (χ0) is 16.2. The number of rotatable bonds is 1. The van der Waals surface area contributed by atoms with Gasteiger partial charge in [0.25, 0.3) is 0 Å². The monoisotopic (exact) mass is 323 g/mol. The van der Waals surface area contributed by atoms with Gasteiger partial charge in [0.1, 0.15) is 38.3 Å². The van der Waals surface area contributed by atoms with E-state index in [-0.39, 0.29) is 22.3 Å². The van der Waals surface area contributed by atoms with E-state index in [9.17, 15) is 28.5 Å². The standard InChI is InChI=1S/C13H9NO7S/c14-22(19,20)9-2-1-7-11(12(9)17)13(18)10-6(16)3-5(15)4-8(10)21-7/h1-4,15-17H,(H2,14,19,20). The molecule has 0 spiro atoms. The Morgan fingerprint density at radius 3 is 2.32 bits per heavy atom. The smallest absolute Gasteiger partial charge is 0.241 e. The average molecular weight is 323 g/mol. The van der Waals surface area contributed by atoms with Crippen molar-refractivity contribution in [2.75, 3.05) is 0 Å². The first-order valence-corrected chi connectivity index (χ1v) is 7.42. The molecular formula is C13H9NO7S. The van der Waals surface area contributed by atoms with Gasteiger partial charge in [-0.05, 0) is 12.1 Å². The first kappa shape index (κ1) is 14.2. The van der Waals surface area contributed by atoms with Gasteiger partial charge in [-0.25, -0.2) is 13.6 Å². The van der Waals surface area contributed by atoms with Crippen molar-refractivity contribution >= 4 is 32.0 Å². The molecule has 0 fully saturated rings. The molecule has 9 heteroatoms. The van der Waals surface area contributed by atoms with Crippen LogP contribution in [0.2, 0.25) is 0 Å². The van der Waals surface area contributed by atoms with Crippen molar-refractivity contribution < 1.29 is 28.2 Å². The van der Waals surface area contributed by atoms with Gasteiger partial charge in [0.05, 0.1) is 0 Å². The summed E-state index contributed by atoms with van der Waals surface area (Å²) in [5.41, 5.74) is -1.08. The minimum absolute atomic E-state index is 0.113. The maximum absolute atomic E-state index is 12.4. The lowest BCUT2D eigenvalue weighted by atomic mass is 10.1. The van der Waals surface area contributed by atoms with E-state index >= 15 is 0 Å². The molecule has 8 nitrogen and oxygen atoms in total. The summed E-state index contributed by atoms with van der Waals surface area (Å²) in [5, 5.41) is 33.4. The highest BCUT2D eigenvalue weighted by atomic mass is 32.2. The summed E-state index contributed by atoms with van der Waals surface area (Å²) in [6.45, 7) is 0. The van der Waals surface area contributed by atoms with E-state index in [1.54, 1.807) is 0 Å². The second-order valence-electron chi connectivity index (χ2n) is 4.60. The summed E-state index contributed by atoms with van der Waals surface area (Å²) in [6, 6.07) is 4.17. The van der Waals surface area contributed by atoms with E-state index in [1.807, 2.05) is 0 Å². The number of primary sulfonamides is 1. The third-order valence-electron chi connectivity index (χ3n) is 3.15. The highest BCUT2D eigenvalue weighted by Gasteiger charge is 2.21. The molecule has 0 aliphatic rings. The summed E-state index contributed by atoms with van der Waals surface area (Å²) >= 11 is 0. The fourth-order valence-electron chi connectivity index (χ4n) is 2.23. The van der Waals surface area contributed by atoms with Crippen LogP contribution in [0.15, 0.2) is 38.4 Å². The summed E-state index contributed by atoms with van der Waals surface area (Å²) in [5.74, 6) is -1.74. The minimum atomic E-state index is -4.24. The fraction of sp³-hybridized carbons (Fsp3) is 0. The van der Waals surface area contributed by atoms with Crippen molar-refractivity contribution in [2.45, 2.75) is 4.90 Å². The third kappa shape index (κ3) is 1.95. The highest BCUT2D eigenvalue weighted by Crippen LogP contribution is 2.34. The van der Waals surface area contributed by atoms with Crippen molar-refractivity contribution in [1.29, 1.82) is 0 Å². The lowest BCUT2D eigenvalue weighted by Gasteiger charge is -2.07. The summed E-state index contributed by atoms with van der Waals surface area (Å²) in [4.78, 5) is 11.8. The fourth-order valence-corrected chi connectivity index (χ4v) is 2.86. The normalized spacial score (nSPS) is 12.0. The predicted molar refractivity (Wildman–Crippen MR) is 76.4 cm³/mol. The number of phenolic OH excluding ortho intramolecular Hbond substituents is 3. The van der Waals surface area contributed by atoms with E-state index in [4.69, 9.17) is 9.56 Å². The van der Waals surface area contributed by atoms with Gasteiger partial charge in [-0.15, -0.1) is 0 Å². The number of fused-ring (bicyclic) bond motifs is 2. The number of nitrogens with two attached hydrogens (primary N) is 1. The molecule has 0 saturated carbocycles. The van der Waals surface area contributed by atoms with E-state index in [1.165, 1.54) is 0 Å². The molecule has 1 heterocycles. The van der Waals surface area contributed by atoms with Crippen LogP contribution in [0.4, 0.5) is 0 Å². The summed E-state index contributed by atoms with van der Waals surface area (Å²) in [6.07, 6.45) is 0. The molecule has 0 atom stereocenters. The Hall–Kier alpha value is -2.78. The van der Waals surface area contributed by atoms with Crippen LogP contribution >= 0.6 is 0 Å². The van der Waals surface area contributed by atoms with Crippen molar-refractivity contribution in [3.63, 3.8) is 0 Å². The number of sulfonamides is 1. The Morgan fingerprint density at radius 1 is 1.00 bits per heavy atom. The zero-order valence-electron chi connectivity index (χ0n) is 10.8. The first-order chi connectivity index (χ1) is 10.2. The zero-order valence-corrected chi connectivity index (χ0v) is 11.6. The molecule has 0 radical (unpaired) electrons. The molecule has 0 aliphatic carbocycles. The Kier molecular flexibility index (Phi) is 2.81. The van der Waals surface area contributed by atoms with Crippen LogP contribution in [0.3, 0.4) is 0 Å². The van der Waals surface area contributed by atoms with Crippen LogP contribution in [0, 0.1) is 0 Å². The molecule has 5 N–H and O–H groups in total. The van der Waals surface area contributed by atoms with Gasteiger partial charge in [-0.2, -0.15) is 0 Å². The largest absolute Gasteiger partial charge is 0.508 e. The van der Waals surface area contributed by atoms with E-state index in [0.29, 0.717) is 0 Å². The summed E-state index contributed by atoms with van der Waals surface area (Å²) in [7, 11) is -4.24. The Bertz CT molecular complexity index is 1100. The predicted octanol–water partition coefficient (Wildman–Crippen LogP) is 0.710. The molecule has 22 heavy (non-hydrogen) atoms. The number of aromatic hydroxyl groups is 3. The van der Waals surface area contributed by atoms with Crippen LogP contribution in [0.25, 0.3) is 21.9 Å². The highest BCUT2D eigenvalue weighted by molar-refractivity contribution is 7.89. The van der Waals surface area contributed by atoms with Gasteiger partial charge in [0.15, 0.2) is 5.75 Å². The van der Waals surface area contributed by atoms with Gasteiger partial charge < -0.3 is 19.7 Å². The minimum Gasteiger partial charge on any atom is -0.508 e. The molecule has 0 amide bonds. The van der Waals surface area contributed by atoms with Crippen molar-refractivity contribution in [2.24, 2.45) is 5.14 Å². The molecule has 2 aromatic carbocycles. The van der Waals surface area contributed by atoms with Crippen LogP contribution in [0.5, 0.6) is 17.2 Å². The number of benzene rings is 2.